The highest BCUT2D eigenvalue weighted by Gasteiger charge is 2.12. The average molecular weight is 283 g/mol. The smallest absolute Gasteiger partial charge is 0.204 e. The molecule has 0 bridgehead atoms. The lowest BCUT2D eigenvalue weighted by molar-refractivity contribution is 0.104. The van der Waals surface area contributed by atoms with Crippen molar-refractivity contribution >= 4 is 23.2 Å². The first-order chi connectivity index (χ1) is 9.74. The van der Waals surface area contributed by atoms with Crippen molar-refractivity contribution in [3.05, 3.63) is 57.8 Å². The molecule has 0 radical (unpaired) electrons. The number of ketones is 1. The fourth-order valence-electron chi connectivity index (χ4n) is 1.69. The Balaban J connectivity index is 2.23. The number of thiophene rings is 1. The average Bonchev–Trinajstić information content (AvgIpc) is 3.00. The molecule has 0 unspecified atom stereocenters. The Morgan fingerprint density at radius 3 is 2.65 bits per heavy atom. The van der Waals surface area contributed by atoms with E-state index in [1.54, 1.807) is 17.5 Å². The number of carbonyl (C=O) groups excluding carboxylic acids is 1. The van der Waals surface area contributed by atoms with Gasteiger partial charge < -0.3 is 4.74 Å². The van der Waals surface area contributed by atoms with E-state index < -0.39 is 0 Å². The number of ether oxygens (including phenoxy) is 1. The second-order valence-corrected chi connectivity index (χ2v) is 4.79. The molecule has 0 spiro atoms. The number of nitriles is 1. The summed E-state index contributed by atoms with van der Waals surface area (Å²) in [5, 5.41) is 12.7. The van der Waals surface area contributed by atoms with Crippen LogP contribution in [0.3, 0.4) is 0 Å². The van der Waals surface area contributed by atoms with Gasteiger partial charge in [-0.25, -0.2) is 0 Å². The van der Waals surface area contributed by atoms with Crippen LogP contribution >= 0.6 is 11.3 Å². The summed E-state index contributed by atoms with van der Waals surface area (Å²) in [6, 6.07) is 11.0. The van der Waals surface area contributed by atoms with Crippen molar-refractivity contribution in [3.8, 4) is 11.8 Å². The maximum Gasteiger partial charge on any atom is 0.204 e. The molecule has 1 heterocycles. The van der Waals surface area contributed by atoms with Crippen LogP contribution in [0.15, 0.2) is 46.7 Å². The van der Waals surface area contributed by atoms with Crippen molar-refractivity contribution in [1.29, 1.82) is 5.26 Å². The van der Waals surface area contributed by atoms with Gasteiger partial charge in [0.05, 0.1) is 6.61 Å². The number of nitrogens with zero attached hydrogens (tertiary/aromatic N) is 1. The van der Waals surface area contributed by atoms with Crippen LogP contribution in [0.1, 0.15) is 22.8 Å². The predicted molar refractivity (Wildman–Crippen MR) is 79.9 cm³/mol. The number of benzene rings is 1. The molecule has 1 aromatic carbocycles. The lowest BCUT2D eigenvalue weighted by Crippen LogP contribution is -1.99. The third-order valence-corrected chi connectivity index (χ3v) is 3.33. The fraction of sp³-hybridized carbons (Fsp3) is 0.125. The number of rotatable bonds is 5. The van der Waals surface area contributed by atoms with E-state index in [1.807, 2.05) is 42.6 Å². The third-order valence-electron chi connectivity index (χ3n) is 2.65. The van der Waals surface area contributed by atoms with Gasteiger partial charge in [0, 0.05) is 10.9 Å². The van der Waals surface area contributed by atoms with Crippen LogP contribution in [-0.4, -0.2) is 12.4 Å². The molecule has 4 heteroatoms. The molecule has 1 aromatic heterocycles. The minimum Gasteiger partial charge on any atom is -0.494 e. The number of hydrogen-bond donors (Lipinski definition) is 0. The highest BCUT2D eigenvalue weighted by Crippen LogP contribution is 2.17. The Morgan fingerprint density at radius 1 is 1.35 bits per heavy atom. The summed E-state index contributed by atoms with van der Waals surface area (Å²) in [6.45, 7) is 2.52. The zero-order valence-electron chi connectivity index (χ0n) is 11.0. The highest BCUT2D eigenvalue weighted by molar-refractivity contribution is 7.08. The first-order valence-corrected chi connectivity index (χ1v) is 7.10. The topological polar surface area (TPSA) is 50.1 Å². The number of allylic oxidation sites excluding steroid dienone is 1. The summed E-state index contributed by atoms with van der Waals surface area (Å²) < 4.78 is 5.35. The van der Waals surface area contributed by atoms with Gasteiger partial charge >= 0.3 is 0 Å². The number of Topliss-reactive ketones (excluding diaryl/α,β-unsaturated/α-hetero) is 1. The van der Waals surface area contributed by atoms with Crippen molar-refractivity contribution in [1.82, 2.24) is 0 Å². The lowest BCUT2D eigenvalue weighted by Gasteiger charge is -2.02. The minimum atomic E-state index is -0.248. The molecular weight excluding hydrogens is 270 g/mol. The molecule has 3 nitrogen and oxygen atoms in total. The van der Waals surface area contributed by atoms with Gasteiger partial charge in [0.25, 0.3) is 0 Å². The summed E-state index contributed by atoms with van der Waals surface area (Å²) in [5.74, 6) is 0.523. The predicted octanol–water partition coefficient (Wildman–Crippen LogP) is 3.94. The molecule has 20 heavy (non-hydrogen) atoms. The second-order valence-electron chi connectivity index (χ2n) is 4.01. The standard InChI is InChI=1S/C16H13NO2S/c1-2-19-15-5-3-12(4-6-15)9-14(10-17)16(18)13-7-8-20-11-13/h3-9,11H,2H2,1H3/b14-9+. The molecule has 0 amide bonds. The van der Waals surface area contributed by atoms with Crippen molar-refractivity contribution < 1.29 is 9.53 Å². The van der Waals surface area contributed by atoms with E-state index in [0.29, 0.717) is 12.2 Å². The Hall–Kier alpha value is -2.38. The lowest BCUT2D eigenvalue weighted by atomic mass is 10.0. The molecule has 2 rings (SSSR count). The molecule has 0 aliphatic carbocycles. The van der Waals surface area contributed by atoms with E-state index in [9.17, 15) is 4.79 Å². The monoisotopic (exact) mass is 283 g/mol. The minimum absolute atomic E-state index is 0.132. The maximum atomic E-state index is 12.1. The SMILES string of the molecule is CCOc1ccc(/C=C(\C#N)C(=O)c2ccsc2)cc1. The molecule has 0 atom stereocenters. The van der Waals surface area contributed by atoms with Crippen molar-refractivity contribution in [2.75, 3.05) is 6.61 Å². The van der Waals surface area contributed by atoms with Gasteiger partial charge in [-0.2, -0.15) is 16.6 Å². The summed E-state index contributed by atoms with van der Waals surface area (Å²) >= 11 is 1.44. The summed E-state index contributed by atoms with van der Waals surface area (Å²) in [4.78, 5) is 12.1. The highest BCUT2D eigenvalue weighted by atomic mass is 32.1. The van der Waals surface area contributed by atoms with E-state index in [1.165, 1.54) is 11.3 Å². The molecule has 0 aliphatic heterocycles. The van der Waals surface area contributed by atoms with Crippen molar-refractivity contribution in [2.24, 2.45) is 0 Å². The van der Waals surface area contributed by atoms with Gasteiger partial charge in [-0.15, -0.1) is 0 Å². The molecule has 100 valence electrons. The summed E-state index contributed by atoms with van der Waals surface area (Å²) in [5.41, 5.74) is 1.48. The van der Waals surface area contributed by atoms with E-state index in [4.69, 9.17) is 10.00 Å². The Bertz CT molecular complexity index is 649. The van der Waals surface area contributed by atoms with Gasteiger partial charge in [-0.3, -0.25) is 4.79 Å². The van der Waals surface area contributed by atoms with Crippen molar-refractivity contribution in [2.45, 2.75) is 6.92 Å². The van der Waals surface area contributed by atoms with E-state index in [-0.39, 0.29) is 11.4 Å². The Kier molecular flexibility index (Phi) is 4.70. The quantitative estimate of drug-likeness (QED) is 0.474. The molecule has 0 saturated heterocycles. The fourth-order valence-corrected chi connectivity index (χ4v) is 2.33. The van der Waals surface area contributed by atoms with Gasteiger partial charge in [-0.05, 0) is 42.1 Å². The second kappa shape index (κ2) is 6.69. The van der Waals surface area contributed by atoms with Crippen LogP contribution in [0, 0.1) is 11.3 Å². The van der Waals surface area contributed by atoms with Crippen LogP contribution < -0.4 is 4.74 Å². The van der Waals surface area contributed by atoms with Crippen LogP contribution in [0.4, 0.5) is 0 Å². The largest absolute Gasteiger partial charge is 0.494 e. The van der Waals surface area contributed by atoms with Crippen molar-refractivity contribution in [3.63, 3.8) is 0 Å². The van der Waals surface area contributed by atoms with Crippen LogP contribution in [0.2, 0.25) is 0 Å². The van der Waals surface area contributed by atoms with Gasteiger partial charge in [0.2, 0.25) is 5.78 Å². The zero-order chi connectivity index (χ0) is 14.4. The number of carbonyl (C=O) groups is 1. The molecule has 0 N–H and O–H groups in total. The normalized spacial score (nSPS) is 10.9. The Labute approximate surface area is 121 Å². The summed E-state index contributed by atoms with van der Waals surface area (Å²) in [6.07, 6.45) is 1.59. The van der Waals surface area contributed by atoms with Gasteiger partial charge in [0.1, 0.15) is 17.4 Å². The van der Waals surface area contributed by atoms with E-state index >= 15 is 0 Å². The van der Waals surface area contributed by atoms with Gasteiger partial charge in [0.15, 0.2) is 0 Å². The van der Waals surface area contributed by atoms with Crippen LogP contribution in [0.5, 0.6) is 5.75 Å². The van der Waals surface area contributed by atoms with Crippen LogP contribution in [0.25, 0.3) is 6.08 Å². The molecule has 0 aliphatic rings. The third kappa shape index (κ3) is 3.34. The number of hydrogen-bond acceptors (Lipinski definition) is 4. The van der Waals surface area contributed by atoms with Crippen LogP contribution in [-0.2, 0) is 0 Å². The Morgan fingerprint density at radius 2 is 2.10 bits per heavy atom. The first-order valence-electron chi connectivity index (χ1n) is 6.16. The van der Waals surface area contributed by atoms with E-state index in [0.717, 1.165) is 11.3 Å². The first kappa shape index (κ1) is 14.0. The molecule has 0 fully saturated rings. The summed E-state index contributed by atoms with van der Waals surface area (Å²) in [7, 11) is 0. The maximum absolute atomic E-state index is 12.1. The van der Waals surface area contributed by atoms with E-state index in [2.05, 4.69) is 0 Å². The molecular formula is C16H13NO2S. The molecule has 0 saturated carbocycles. The zero-order valence-corrected chi connectivity index (χ0v) is 11.8. The molecule has 2 aromatic rings. The van der Waals surface area contributed by atoms with Gasteiger partial charge in [-0.1, -0.05) is 12.1 Å².